The molecule has 0 unspecified atom stereocenters. The van der Waals surface area contributed by atoms with Crippen molar-refractivity contribution in [2.24, 2.45) is 0 Å². The highest BCUT2D eigenvalue weighted by Crippen LogP contribution is 2.41. The van der Waals surface area contributed by atoms with Gasteiger partial charge in [0.1, 0.15) is 5.69 Å². The summed E-state index contributed by atoms with van der Waals surface area (Å²) in [5, 5.41) is 20.9. The Morgan fingerprint density at radius 1 is 1.37 bits per heavy atom. The Bertz CT molecular complexity index is 838. The fourth-order valence-corrected chi connectivity index (χ4v) is 4.08. The largest absolute Gasteiger partial charge is 0.350 e. The first-order chi connectivity index (χ1) is 13.0. The Hall–Kier alpha value is -2.70. The Kier molecular flexibility index (Phi) is 5.58. The third-order valence-electron chi connectivity index (χ3n) is 5.49. The Morgan fingerprint density at radius 2 is 2.11 bits per heavy atom. The van der Waals surface area contributed by atoms with Crippen molar-refractivity contribution < 1.29 is 9.72 Å². The van der Waals surface area contributed by atoms with Crippen molar-refractivity contribution in [1.82, 2.24) is 15.5 Å². The first-order valence-corrected chi connectivity index (χ1v) is 9.54. The summed E-state index contributed by atoms with van der Waals surface area (Å²) in [6.07, 6.45) is 5.46. The number of carbonyl (C=O) groups excluding carboxylic acids is 1. The van der Waals surface area contributed by atoms with Gasteiger partial charge in [0.2, 0.25) is 5.69 Å². The van der Waals surface area contributed by atoms with Crippen LogP contribution >= 0.6 is 0 Å². The van der Waals surface area contributed by atoms with Crippen LogP contribution in [-0.4, -0.2) is 27.6 Å². The van der Waals surface area contributed by atoms with E-state index in [9.17, 15) is 14.9 Å². The van der Waals surface area contributed by atoms with E-state index >= 15 is 0 Å². The number of amides is 1. The summed E-state index contributed by atoms with van der Waals surface area (Å²) in [6, 6.07) is 8.39. The number of nitrogens with one attached hydrogen (secondary N) is 2. The van der Waals surface area contributed by atoms with Crippen molar-refractivity contribution in [2.75, 3.05) is 6.54 Å². The molecule has 0 radical (unpaired) electrons. The zero-order valence-corrected chi connectivity index (χ0v) is 15.9. The molecule has 0 bridgehead atoms. The lowest BCUT2D eigenvalue weighted by molar-refractivity contribution is -0.385. The predicted octanol–water partition coefficient (Wildman–Crippen LogP) is 3.82. The first-order valence-electron chi connectivity index (χ1n) is 9.54. The van der Waals surface area contributed by atoms with Gasteiger partial charge in [0.15, 0.2) is 0 Å². The average molecular weight is 370 g/mol. The van der Waals surface area contributed by atoms with Gasteiger partial charge in [0.25, 0.3) is 5.91 Å². The molecule has 1 aliphatic rings. The van der Waals surface area contributed by atoms with Crippen molar-refractivity contribution in [3.05, 3.63) is 56.9 Å². The van der Waals surface area contributed by atoms with Crippen molar-refractivity contribution >= 4 is 11.6 Å². The van der Waals surface area contributed by atoms with Crippen LogP contribution in [0.4, 0.5) is 5.69 Å². The van der Waals surface area contributed by atoms with Gasteiger partial charge in [-0.2, -0.15) is 5.10 Å². The average Bonchev–Trinajstić information content (AvgIpc) is 3.28. The van der Waals surface area contributed by atoms with Crippen LogP contribution in [0.25, 0.3) is 0 Å². The maximum Gasteiger partial charge on any atom is 0.322 e. The topological polar surface area (TPSA) is 101 Å². The molecule has 1 aromatic carbocycles. The third kappa shape index (κ3) is 3.86. The van der Waals surface area contributed by atoms with Crippen LogP contribution in [0.15, 0.2) is 24.3 Å². The van der Waals surface area contributed by atoms with Crippen LogP contribution in [0.2, 0.25) is 0 Å². The second-order valence-corrected chi connectivity index (χ2v) is 7.45. The molecule has 3 rings (SSSR count). The van der Waals surface area contributed by atoms with Gasteiger partial charge >= 0.3 is 5.69 Å². The number of aromatic nitrogens is 2. The number of rotatable bonds is 7. The summed E-state index contributed by atoms with van der Waals surface area (Å²) in [6.45, 7) is 4.45. The number of hydrogen-bond donors (Lipinski definition) is 2. The predicted molar refractivity (Wildman–Crippen MR) is 103 cm³/mol. The second-order valence-electron chi connectivity index (χ2n) is 7.45. The smallest absolute Gasteiger partial charge is 0.322 e. The number of benzene rings is 1. The molecule has 7 heteroatoms. The van der Waals surface area contributed by atoms with Crippen molar-refractivity contribution in [1.29, 1.82) is 0 Å². The number of aromatic amines is 1. The van der Waals surface area contributed by atoms with Crippen LogP contribution in [0.1, 0.15) is 66.3 Å². The van der Waals surface area contributed by atoms with Crippen LogP contribution in [0, 0.1) is 17.0 Å². The molecule has 0 saturated heterocycles. The monoisotopic (exact) mass is 370 g/mol. The van der Waals surface area contributed by atoms with E-state index in [0.29, 0.717) is 18.7 Å². The van der Waals surface area contributed by atoms with E-state index in [4.69, 9.17) is 0 Å². The first kappa shape index (κ1) is 19.1. The highest BCUT2D eigenvalue weighted by atomic mass is 16.6. The molecule has 144 valence electrons. The molecule has 1 aromatic heterocycles. The van der Waals surface area contributed by atoms with Gasteiger partial charge in [-0.15, -0.1) is 0 Å². The molecule has 1 fully saturated rings. The number of carbonyl (C=O) groups is 1. The Labute approximate surface area is 158 Å². The summed E-state index contributed by atoms with van der Waals surface area (Å²) in [5.41, 5.74) is 2.38. The second kappa shape index (κ2) is 7.90. The quantitative estimate of drug-likeness (QED) is 0.571. The number of aryl methyl sites for hydroxylation is 2. The van der Waals surface area contributed by atoms with Gasteiger partial charge < -0.3 is 5.32 Å². The maximum atomic E-state index is 12.7. The zero-order valence-electron chi connectivity index (χ0n) is 15.9. The van der Waals surface area contributed by atoms with Crippen LogP contribution < -0.4 is 5.32 Å². The van der Waals surface area contributed by atoms with E-state index in [0.717, 1.165) is 32.1 Å². The highest BCUT2D eigenvalue weighted by Gasteiger charge is 2.37. The molecule has 0 spiro atoms. The van der Waals surface area contributed by atoms with Crippen molar-refractivity contribution in [2.45, 2.75) is 57.8 Å². The van der Waals surface area contributed by atoms with E-state index in [1.807, 2.05) is 13.0 Å². The molecule has 27 heavy (non-hydrogen) atoms. The summed E-state index contributed by atoms with van der Waals surface area (Å²) >= 11 is 0. The maximum absolute atomic E-state index is 12.7. The summed E-state index contributed by atoms with van der Waals surface area (Å²) in [4.78, 5) is 23.6. The van der Waals surface area contributed by atoms with E-state index in [1.54, 1.807) is 0 Å². The lowest BCUT2D eigenvalue weighted by Gasteiger charge is -2.30. The fraction of sp³-hybridized carbons (Fsp3) is 0.500. The van der Waals surface area contributed by atoms with Crippen molar-refractivity contribution in [3.63, 3.8) is 0 Å². The zero-order chi connectivity index (χ0) is 19.4. The van der Waals surface area contributed by atoms with Crippen LogP contribution in [-0.2, 0) is 11.8 Å². The minimum absolute atomic E-state index is 0.112. The number of H-pyrrole nitrogens is 1. The molecule has 1 saturated carbocycles. The number of nitro groups is 1. The van der Waals surface area contributed by atoms with Gasteiger partial charge in [-0.25, -0.2) is 0 Å². The van der Waals surface area contributed by atoms with Crippen LogP contribution in [0.3, 0.4) is 0 Å². The van der Waals surface area contributed by atoms with Crippen molar-refractivity contribution in [3.8, 4) is 0 Å². The molecule has 1 amide bonds. The summed E-state index contributed by atoms with van der Waals surface area (Å²) in [5.74, 6) is -0.487. The Balaban J connectivity index is 1.81. The van der Waals surface area contributed by atoms with E-state index in [2.05, 4.69) is 40.6 Å². The number of hydrogen-bond acceptors (Lipinski definition) is 4. The van der Waals surface area contributed by atoms with E-state index in [-0.39, 0.29) is 16.8 Å². The molecular formula is C20H26N4O3. The molecule has 1 aliphatic carbocycles. The van der Waals surface area contributed by atoms with Crippen LogP contribution in [0.5, 0.6) is 0 Å². The lowest BCUT2D eigenvalue weighted by Crippen LogP contribution is -2.39. The molecule has 7 nitrogen and oxygen atoms in total. The molecular weight excluding hydrogens is 344 g/mol. The minimum atomic E-state index is -0.519. The Morgan fingerprint density at radius 3 is 2.74 bits per heavy atom. The SMILES string of the molecule is CCCc1[nH]nc(C(=O)NCC2(c3cccc(C)c3)CCCC2)c1[N+](=O)[O-]. The van der Waals surface area contributed by atoms with Gasteiger partial charge in [0.05, 0.1) is 4.92 Å². The molecule has 2 aromatic rings. The molecule has 0 atom stereocenters. The standard InChI is InChI=1S/C20H26N4O3/c1-3-7-16-18(24(26)27)17(23-22-16)19(25)21-13-20(10-4-5-11-20)15-9-6-8-14(2)12-15/h6,8-9,12H,3-5,7,10-11,13H2,1-2H3,(H,21,25)(H,22,23). The number of nitrogens with zero attached hydrogens (tertiary/aromatic N) is 2. The fourth-order valence-electron chi connectivity index (χ4n) is 4.08. The summed E-state index contributed by atoms with van der Waals surface area (Å²) < 4.78 is 0. The minimum Gasteiger partial charge on any atom is -0.350 e. The molecule has 0 aliphatic heterocycles. The third-order valence-corrected chi connectivity index (χ3v) is 5.49. The van der Waals surface area contributed by atoms with Gasteiger partial charge in [-0.3, -0.25) is 20.0 Å². The molecule has 1 heterocycles. The van der Waals surface area contributed by atoms with E-state index in [1.165, 1.54) is 11.1 Å². The lowest BCUT2D eigenvalue weighted by atomic mass is 9.78. The van der Waals surface area contributed by atoms with Gasteiger partial charge in [-0.05, 0) is 31.7 Å². The van der Waals surface area contributed by atoms with Gasteiger partial charge in [0, 0.05) is 12.0 Å². The summed E-state index contributed by atoms with van der Waals surface area (Å²) in [7, 11) is 0. The highest BCUT2D eigenvalue weighted by molar-refractivity contribution is 5.96. The normalized spacial score (nSPS) is 15.6. The van der Waals surface area contributed by atoms with Gasteiger partial charge in [-0.1, -0.05) is 56.0 Å². The molecule has 2 N–H and O–H groups in total. The van der Waals surface area contributed by atoms with E-state index < -0.39 is 10.8 Å².